The SMILES string of the molecule is O=C(O)c1cc(NCc2ccc(Cl)s2)ccc1Cl. The minimum atomic E-state index is -1.04. The van der Waals surface area contributed by atoms with Gasteiger partial charge in [-0.25, -0.2) is 4.79 Å². The van der Waals surface area contributed by atoms with Crippen molar-refractivity contribution >= 4 is 46.2 Å². The van der Waals surface area contributed by atoms with Crippen molar-refractivity contribution in [2.75, 3.05) is 5.32 Å². The average Bonchev–Trinajstić information content (AvgIpc) is 2.74. The number of hydrogen-bond acceptors (Lipinski definition) is 3. The van der Waals surface area contributed by atoms with E-state index in [1.807, 2.05) is 12.1 Å². The highest BCUT2D eigenvalue weighted by atomic mass is 35.5. The van der Waals surface area contributed by atoms with E-state index in [1.54, 1.807) is 12.1 Å². The number of carbonyl (C=O) groups is 1. The summed E-state index contributed by atoms with van der Waals surface area (Å²) in [4.78, 5) is 12.0. The van der Waals surface area contributed by atoms with Crippen LogP contribution in [0.5, 0.6) is 0 Å². The van der Waals surface area contributed by atoms with E-state index in [0.717, 1.165) is 9.21 Å². The number of carboxylic acids is 1. The number of nitrogens with one attached hydrogen (secondary N) is 1. The van der Waals surface area contributed by atoms with E-state index in [4.69, 9.17) is 28.3 Å². The van der Waals surface area contributed by atoms with Gasteiger partial charge in [0.05, 0.1) is 14.9 Å². The van der Waals surface area contributed by atoms with Gasteiger partial charge in [0.25, 0.3) is 0 Å². The lowest BCUT2D eigenvalue weighted by atomic mass is 10.2. The molecule has 1 heterocycles. The molecule has 2 rings (SSSR count). The van der Waals surface area contributed by atoms with Gasteiger partial charge in [0.15, 0.2) is 0 Å². The average molecular weight is 302 g/mol. The molecule has 0 saturated heterocycles. The lowest BCUT2D eigenvalue weighted by molar-refractivity contribution is 0.0697. The molecule has 0 atom stereocenters. The van der Waals surface area contributed by atoms with Crippen LogP contribution >= 0.6 is 34.5 Å². The first-order chi connectivity index (χ1) is 8.56. The van der Waals surface area contributed by atoms with Gasteiger partial charge < -0.3 is 10.4 Å². The fraction of sp³-hybridized carbons (Fsp3) is 0.0833. The molecule has 0 fully saturated rings. The van der Waals surface area contributed by atoms with Crippen LogP contribution in [0.1, 0.15) is 15.2 Å². The van der Waals surface area contributed by atoms with Crippen molar-refractivity contribution in [2.45, 2.75) is 6.54 Å². The zero-order chi connectivity index (χ0) is 13.1. The Bertz CT molecular complexity index is 583. The monoisotopic (exact) mass is 301 g/mol. The maximum absolute atomic E-state index is 10.9. The molecule has 0 unspecified atom stereocenters. The van der Waals surface area contributed by atoms with Crippen LogP contribution < -0.4 is 5.32 Å². The van der Waals surface area contributed by atoms with E-state index in [0.29, 0.717) is 12.2 Å². The topological polar surface area (TPSA) is 49.3 Å². The van der Waals surface area contributed by atoms with Crippen molar-refractivity contribution in [3.8, 4) is 0 Å². The van der Waals surface area contributed by atoms with Crippen LogP contribution in [-0.2, 0) is 6.54 Å². The molecule has 0 amide bonds. The largest absolute Gasteiger partial charge is 0.478 e. The molecule has 0 bridgehead atoms. The van der Waals surface area contributed by atoms with Gasteiger partial charge in [0, 0.05) is 17.1 Å². The Hall–Kier alpha value is -1.23. The van der Waals surface area contributed by atoms with E-state index >= 15 is 0 Å². The summed E-state index contributed by atoms with van der Waals surface area (Å²) in [5.41, 5.74) is 0.798. The second-order valence-corrected chi connectivity index (χ2v) is 5.77. The van der Waals surface area contributed by atoms with Crippen molar-refractivity contribution in [1.29, 1.82) is 0 Å². The summed E-state index contributed by atoms with van der Waals surface area (Å²) in [6.45, 7) is 0.595. The van der Waals surface area contributed by atoms with Gasteiger partial charge >= 0.3 is 5.97 Å². The Morgan fingerprint density at radius 2 is 2.06 bits per heavy atom. The molecule has 0 spiro atoms. The normalized spacial score (nSPS) is 10.3. The molecule has 2 aromatic rings. The third-order valence-electron chi connectivity index (χ3n) is 2.29. The van der Waals surface area contributed by atoms with Crippen LogP contribution in [0.25, 0.3) is 0 Å². The predicted octanol–water partition coefficient (Wildman–Crippen LogP) is 4.37. The van der Waals surface area contributed by atoms with Crippen LogP contribution in [0.2, 0.25) is 9.36 Å². The van der Waals surface area contributed by atoms with Gasteiger partial charge in [-0.15, -0.1) is 11.3 Å². The number of carboxylic acid groups (broad SMARTS) is 1. The molecule has 2 N–H and O–H groups in total. The standard InChI is InChI=1S/C12H9Cl2NO2S/c13-10-3-1-7(5-9(10)12(16)17)15-6-8-2-4-11(14)18-8/h1-5,15H,6H2,(H,16,17). The number of benzene rings is 1. The molecule has 0 aliphatic carbocycles. The number of anilines is 1. The molecule has 6 heteroatoms. The Morgan fingerprint density at radius 3 is 2.67 bits per heavy atom. The Kier molecular flexibility index (Phi) is 4.11. The molecule has 94 valence electrons. The van der Waals surface area contributed by atoms with Crippen LogP contribution in [-0.4, -0.2) is 11.1 Å². The van der Waals surface area contributed by atoms with Crippen molar-refractivity contribution in [2.24, 2.45) is 0 Å². The highest BCUT2D eigenvalue weighted by Crippen LogP contribution is 2.24. The number of halogens is 2. The number of aromatic carboxylic acids is 1. The summed E-state index contributed by atoms with van der Waals surface area (Å²) in [6.07, 6.45) is 0. The third kappa shape index (κ3) is 3.16. The van der Waals surface area contributed by atoms with Crippen molar-refractivity contribution in [3.63, 3.8) is 0 Å². The van der Waals surface area contributed by atoms with E-state index in [2.05, 4.69) is 5.32 Å². The summed E-state index contributed by atoms with van der Waals surface area (Å²) < 4.78 is 0.731. The van der Waals surface area contributed by atoms with Crippen molar-refractivity contribution in [1.82, 2.24) is 0 Å². The molecular weight excluding hydrogens is 293 g/mol. The summed E-state index contributed by atoms with van der Waals surface area (Å²) in [7, 11) is 0. The lowest BCUT2D eigenvalue weighted by Gasteiger charge is -2.06. The van der Waals surface area contributed by atoms with E-state index < -0.39 is 5.97 Å². The first kappa shape index (κ1) is 13.2. The van der Waals surface area contributed by atoms with E-state index in [-0.39, 0.29) is 10.6 Å². The molecule has 1 aromatic heterocycles. The van der Waals surface area contributed by atoms with Crippen molar-refractivity contribution < 1.29 is 9.90 Å². The number of thiophene rings is 1. The van der Waals surface area contributed by atoms with Crippen molar-refractivity contribution in [3.05, 3.63) is 50.1 Å². The lowest BCUT2D eigenvalue weighted by Crippen LogP contribution is -2.01. The van der Waals surface area contributed by atoms with Gasteiger partial charge in [0.2, 0.25) is 0 Å². The van der Waals surface area contributed by atoms with Crippen LogP contribution in [0, 0.1) is 0 Å². The molecule has 0 radical (unpaired) electrons. The number of rotatable bonds is 4. The molecule has 1 aromatic carbocycles. The Balaban J connectivity index is 2.10. The molecule has 18 heavy (non-hydrogen) atoms. The maximum atomic E-state index is 10.9. The second kappa shape index (κ2) is 5.61. The van der Waals surface area contributed by atoms with E-state index in [9.17, 15) is 4.79 Å². The van der Waals surface area contributed by atoms with Gasteiger partial charge in [-0.3, -0.25) is 0 Å². The first-order valence-electron chi connectivity index (χ1n) is 5.07. The summed E-state index contributed by atoms with van der Waals surface area (Å²) in [6, 6.07) is 8.57. The molecule has 0 saturated carbocycles. The van der Waals surface area contributed by atoms with Crippen LogP contribution in [0.3, 0.4) is 0 Å². The summed E-state index contributed by atoms with van der Waals surface area (Å²) in [5.74, 6) is -1.04. The predicted molar refractivity (Wildman–Crippen MR) is 75.1 cm³/mol. The smallest absolute Gasteiger partial charge is 0.337 e. The molecule has 0 aliphatic rings. The van der Waals surface area contributed by atoms with Gasteiger partial charge in [-0.05, 0) is 30.3 Å². The maximum Gasteiger partial charge on any atom is 0.337 e. The van der Waals surface area contributed by atoms with Gasteiger partial charge in [-0.1, -0.05) is 23.2 Å². The van der Waals surface area contributed by atoms with Gasteiger partial charge in [0.1, 0.15) is 0 Å². The fourth-order valence-electron chi connectivity index (χ4n) is 1.44. The van der Waals surface area contributed by atoms with Crippen LogP contribution in [0.4, 0.5) is 5.69 Å². The first-order valence-corrected chi connectivity index (χ1v) is 6.64. The Morgan fingerprint density at radius 1 is 1.28 bits per heavy atom. The molecule has 0 aliphatic heterocycles. The highest BCUT2D eigenvalue weighted by Gasteiger charge is 2.09. The minimum absolute atomic E-state index is 0.0888. The van der Waals surface area contributed by atoms with Gasteiger partial charge in [-0.2, -0.15) is 0 Å². The highest BCUT2D eigenvalue weighted by molar-refractivity contribution is 7.16. The zero-order valence-electron chi connectivity index (χ0n) is 9.11. The molecular formula is C12H9Cl2NO2S. The zero-order valence-corrected chi connectivity index (χ0v) is 11.4. The Labute approximate surface area is 118 Å². The number of hydrogen-bond donors (Lipinski definition) is 2. The summed E-state index contributed by atoms with van der Waals surface area (Å²) in [5, 5.41) is 12.3. The molecule has 3 nitrogen and oxygen atoms in total. The summed E-state index contributed by atoms with van der Waals surface area (Å²) >= 11 is 13.1. The second-order valence-electron chi connectivity index (χ2n) is 3.56. The fourth-order valence-corrected chi connectivity index (χ4v) is 2.66. The quantitative estimate of drug-likeness (QED) is 0.882. The third-order valence-corrected chi connectivity index (χ3v) is 3.85. The van der Waals surface area contributed by atoms with E-state index in [1.165, 1.54) is 17.4 Å². The van der Waals surface area contributed by atoms with Crippen LogP contribution in [0.15, 0.2) is 30.3 Å². The minimum Gasteiger partial charge on any atom is -0.478 e.